The van der Waals surface area contributed by atoms with E-state index in [0.29, 0.717) is 24.7 Å². The Bertz CT molecular complexity index is 597. The van der Waals surface area contributed by atoms with Gasteiger partial charge < -0.3 is 4.74 Å². The topological polar surface area (TPSA) is 80.7 Å². The van der Waals surface area contributed by atoms with Gasteiger partial charge in [0.15, 0.2) is 6.61 Å². The molecule has 0 saturated heterocycles. The highest BCUT2D eigenvalue weighted by Gasteiger charge is 2.62. The van der Waals surface area contributed by atoms with E-state index in [1.165, 1.54) is 0 Å². The summed E-state index contributed by atoms with van der Waals surface area (Å²) in [6.45, 7) is -1.64. The Morgan fingerprint density at radius 2 is 2.20 bits per heavy atom. The summed E-state index contributed by atoms with van der Waals surface area (Å²) >= 11 is 0. The SMILES string of the molecule is O=C(OCC(F)(F)S(=O)(=O)O)C12CC3CC=C1C(C3)C2. The van der Waals surface area contributed by atoms with E-state index in [1.54, 1.807) is 0 Å². The van der Waals surface area contributed by atoms with Crippen LogP contribution in [0.5, 0.6) is 0 Å². The lowest BCUT2D eigenvalue weighted by atomic mass is 9.45. The molecule has 0 aliphatic heterocycles. The Morgan fingerprint density at radius 1 is 1.50 bits per heavy atom. The molecule has 0 amide bonds. The lowest BCUT2D eigenvalue weighted by Gasteiger charge is -2.58. The zero-order chi connectivity index (χ0) is 14.8. The average molecular weight is 308 g/mol. The predicted octanol–water partition coefficient (Wildman–Crippen LogP) is 1.76. The largest absolute Gasteiger partial charge is 0.457 e. The van der Waals surface area contributed by atoms with Crippen molar-refractivity contribution < 1.29 is 31.3 Å². The predicted molar refractivity (Wildman–Crippen MR) is 63.4 cm³/mol. The number of alkyl halides is 2. The van der Waals surface area contributed by atoms with Crippen molar-refractivity contribution in [3.8, 4) is 0 Å². The molecule has 4 aliphatic rings. The molecule has 0 aromatic rings. The van der Waals surface area contributed by atoms with Crippen LogP contribution in [-0.4, -0.2) is 30.8 Å². The molecule has 0 aromatic carbocycles. The van der Waals surface area contributed by atoms with E-state index in [1.807, 2.05) is 6.08 Å². The maximum atomic E-state index is 13.1. The van der Waals surface area contributed by atoms with Crippen molar-refractivity contribution in [2.45, 2.75) is 30.9 Å². The Morgan fingerprint density at radius 3 is 2.70 bits per heavy atom. The van der Waals surface area contributed by atoms with Crippen molar-refractivity contribution in [1.29, 1.82) is 0 Å². The van der Waals surface area contributed by atoms with Crippen LogP contribution in [0.25, 0.3) is 0 Å². The van der Waals surface area contributed by atoms with E-state index in [9.17, 15) is 22.0 Å². The van der Waals surface area contributed by atoms with Crippen LogP contribution in [0, 0.1) is 17.3 Å². The molecule has 2 fully saturated rings. The van der Waals surface area contributed by atoms with Gasteiger partial charge in [-0.25, -0.2) is 0 Å². The smallest absolute Gasteiger partial charge is 0.402 e. The van der Waals surface area contributed by atoms with E-state index in [4.69, 9.17) is 4.55 Å². The maximum Gasteiger partial charge on any atom is 0.402 e. The van der Waals surface area contributed by atoms with Gasteiger partial charge in [0.05, 0.1) is 5.41 Å². The van der Waals surface area contributed by atoms with E-state index >= 15 is 0 Å². The number of hydrogen-bond acceptors (Lipinski definition) is 4. The van der Waals surface area contributed by atoms with Crippen molar-refractivity contribution in [3.05, 3.63) is 11.6 Å². The molecule has 4 rings (SSSR count). The summed E-state index contributed by atoms with van der Waals surface area (Å²) in [5.74, 6) is -0.0780. The molecular weight excluding hydrogens is 294 g/mol. The number of ether oxygens (including phenoxy) is 1. The summed E-state index contributed by atoms with van der Waals surface area (Å²) in [4.78, 5) is 12.0. The van der Waals surface area contributed by atoms with Gasteiger partial charge in [0, 0.05) is 0 Å². The van der Waals surface area contributed by atoms with Gasteiger partial charge in [-0.05, 0) is 37.5 Å². The molecule has 20 heavy (non-hydrogen) atoms. The van der Waals surface area contributed by atoms with Crippen LogP contribution in [0.2, 0.25) is 0 Å². The molecule has 4 aliphatic carbocycles. The van der Waals surface area contributed by atoms with Crippen molar-refractivity contribution in [3.63, 3.8) is 0 Å². The van der Waals surface area contributed by atoms with Crippen LogP contribution in [0.15, 0.2) is 11.6 Å². The second-order valence-corrected chi connectivity index (χ2v) is 7.42. The van der Waals surface area contributed by atoms with E-state index in [0.717, 1.165) is 18.4 Å². The average Bonchev–Trinajstić information content (AvgIpc) is 2.34. The Kier molecular flexibility index (Phi) is 2.79. The molecular formula is C12H14F2O5S. The fourth-order valence-electron chi connectivity index (χ4n) is 3.78. The third kappa shape index (κ3) is 1.81. The Balaban J connectivity index is 1.70. The number of carbonyl (C=O) groups is 1. The third-order valence-corrected chi connectivity index (χ3v) is 5.53. The number of hydrogen-bond donors (Lipinski definition) is 1. The molecule has 0 aromatic heterocycles. The zero-order valence-corrected chi connectivity index (χ0v) is 11.3. The molecule has 8 heteroatoms. The van der Waals surface area contributed by atoms with Gasteiger partial charge in [-0.1, -0.05) is 11.6 Å². The van der Waals surface area contributed by atoms with Crippen molar-refractivity contribution in [1.82, 2.24) is 0 Å². The highest BCUT2D eigenvalue weighted by Crippen LogP contribution is 2.65. The number of carbonyl (C=O) groups excluding carboxylic acids is 1. The van der Waals surface area contributed by atoms with Crippen molar-refractivity contribution in [2.24, 2.45) is 17.3 Å². The van der Waals surface area contributed by atoms with Crippen LogP contribution in [0.3, 0.4) is 0 Å². The molecule has 3 atom stereocenters. The van der Waals surface area contributed by atoms with Gasteiger partial charge in [-0.3, -0.25) is 9.35 Å². The molecule has 3 unspecified atom stereocenters. The van der Waals surface area contributed by atoms with E-state index in [-0.39, 0.29) is 0 Å². The minimum atomic E-state index is -5.57. The highest BCUT2D eigenvalue weighted by molar-refractivity contribution is 7.86. The normalized spacial score (nSPS) is 35.2. The van der Waals surface area contributed by atoms with E-state index in [2.05, 4.69) is 4.74 Å². The molecule has 4 bridgehead atoms. The second-order valence-electron chi connectivity index (χ2n) is 5.87. The fourth-order valence-corrected chi connectivity index (χ4v) is 3.99. The number of halogens is 2. The van der Waals surface area contributed by atoms with Gasteiger partial charge >= 0.3 is 21.3 Å². The Hall–Kier alpha value is -1.02. The van der Waals surface area contributed by atoms with E-state index < -0.39 is 33.4 Å². The van der Waals surface area contributed by atoms with Crippen LogP contribution < -0.4 is 0 Å². The molecule has 0 spiro atoms. The molecule has 0 radical (unpaired) electrons. The first-order chi connectivity index (χ1) is 9.16. The standard InChI is InChI=1S/C12H14F2O5S/c13-12(14,20(16,17)18)6-19-10(15)11-4-7-1-2-9(11)8(3-7)5-11/h2,7-8H,1,3-6H2,(H,16,17,18). The van der Waals surface area contributed by atoms with Crippen molar-refractivity contribution in [2.75, 3.05) is 6.61 Å². The summed E-state index contributed by atoms with van der Waals surface area (Å²) in [5, 5.41) is -4.47. The quantitative estimate of drug-likeness (QED) is 0.486. The van der Waals surface area contributed by atoms with Crippen molar-refractivity contribution >= 4 is 16.1 Å². The first-order valence-electron chi connectivity index (χ1n) is 6.38. The minimum Gasteiger partial charge on any atom is -0.457 e. The van der Waals surface area contributed by atoms with Crippen LogP contribution in [-0.2, 0) is 19.6 Å². The van der Waals surface area contributed by atoms with Gasteiger partial charge in [-0.2, -0.15) is 17.2 Å². The van der Waals surface area contributed by atoms with Gasteiger partial charge in [0.2, 0.25) is 0 Å². The summed E-state index contributed by atoms with van der Waals surface area (Å²) in [6.07, 6.45) is 5.09. The first-order valence-corrected chi connectivity index (χ1v) is 7.82. The van der Waals surface area contributed by atoms with Gasteiger partial charge in [-0.15, -0.1) is 0 Å². The number of rotatable bonds is 4. The summed E-state index contributed by atoms with van der Waals surface area (Å²) in [6, 6.07) is 0. The summed E-state index contributed by atoms with van der Waals surface area (Å²) in [7, 11) is -5.57. The zero-order valence-electron chi connectivity index (χ0n) is 10.5. The lowest BCUT2D eigenvalue weighted by Crippen LogP contribution is -2.55. The number of esters is 1. The number of allylic oxidation sites excluding steroid dienone is 1. The molecule has 0 heterocycles. The first kappa shape index (κ1) is 13.9. The van der Waals surface area contributed by atoms with Crippen LogP contribution >= 0.6 is 0 Å². The monoisotopic (exact) mass is 308 g/mol. The molecule has 112 valence electrons. The molecule has 1 N–H and O–H groups in total. The second kappa shape index (κ2) is 4.00. The number of fused-ring (bicyclic) bond motifs is 1. The molecule has 2 saturated carbocycles. The maximum absolute atomic E-state index is 13.1. The van der Waals surface area contributed by atoms with Crippen LogP contribution in [0.4, 0.5) is 8.78 Å². The van der Waals surface area contributed by atoms with Gasteiger partial charge in [0.1, 0.15) is 0 Å². The Labute approximate surface area is 114 Å². The lowest BCUT2D eigenvalue weighted by molar-refractivity contribution is -0.170. The molecule has 5 nitrogen and oxygen atoms in total. The van der Waals surface area contributed by atoms with Gasteiger partial charge in [0.25, 0.3) is 0 Å². The minimum absolute atomic E-state index is 0.345. The summed E-state index contributed by atoms with van der Waals surface area (Å²) in [5.41, 5.74) is 0.140. The van der Waals surface area contributed by atoms with Crippen LogP contribution in [0.1, 0.15) is 25.7 Å². The fraction of sp³-hybridized carbons (Fsp3) is 0.750. The third-order valence-electron chi connectivity index (χ3n) is 4.65. The summed E-state index contributed by atoms with van der Waals surface area (Å²) < 4.78 is 59.9. The highest BCUT2D eigenvalue weighted by atomic mass is 32.2.